The molecular formula is C17H27NO3S. The number of benzene rings is 1. The van der Waals surface area contributed by atoms with Crippen LogP contribution in [0.1, 0.15) is 38.2 Å². The van der Waals surface area contributed by atoms with E-state index in [0.29, 0.717) is 4.90 Å². The van der Waals surface area contributed by atoms with E-state index in [-0.39, 0.29) is 23.9 Å². The predicted octanol–water partition coefficient (Wildman–Crippen LogP) is 2.70. The maximum atomic E-state index is 12.5. The van der Waals surface area contributed by atoms with E-state index in [9.17, 15) is 8.42 Å². The molecule has 2 rings (SSSR count). The second kappa shape index (κ2) is 7.57. The van der Waals surface area contributed by atoms with E-state index in [1.54, 1.807) is 19.2 Å². The molecule has 0 radical (unpaired) electrons. The normalized spacial score (nSPS) is 24.1. The molecule has 0 heterocycles. The number of nitrogens with one attached hydrogen (secondary N) is 1. The van der Waals surface area contributed by atoms with E-state index >= 15 is 0 Å². The van der Waals surface area contributed by atoms with Gasteiger partial charge < -0.3 is 10.1 Å². The maximum Gasteiger partial charge on any atom is 0.179 e. The van der Waals surface area contributed by atoms with Crippen molar-refractivity contribution < 1.29 is 13.2 Å². The summed E-state index contributed by atoms with van der Waals surface area (Å²) in [5.41, 5.74) is 1.07. The molecule has 0 unspecified atom stereocenters. The van der Waals surface area contributed by atoms with Gasteiger partial charge in [0.25, 0.3) is 0 Å². The van der Waals surface area contributed by atoms with Crippen LogP contribution in [0.15, 0.2) is 29.2 Å². The molecule has 1 N–H and O–H groups in total. The lowest BCUT2D eigenvalue weighted by atomic mass is 9.92. The van der Waals surface area contributed by atoms with Crippen LogP contribution in [0.25, 0.3) is 0 Å². The molecule has 124 valence electrons. The van der Waals surface area contributed by atoms with Gasteiger partial charge in [0.05, 0.1) is 16.8 Å². The Balaban J connectivity index is 1.98. The van der Waals surface area contributed by atoms with Gasteiger partial charge in [0.1, 0.15) is 0 Å². The van der Waals surface area contributed by atoms with Crippen LogP contribution in [0, 0.1) is 6.92 Å². The van der Waals surface area contributed by atoms with Gasteiger partial charge in [-0.3, -0.25) is 0 Å². The van der Waals surface area contributed by atoms with Crippen LogP contribution in [-0.4, -0.2) is 39.5 Å². The Morgan fingerprint density at radius 3 is 2.50 bits per heavy atom. The third-order valence-corrected chi connectivity index (χ3v) is 6.28. The van der Waals surface area contributed by atoms with Gasteiger partial charge in [-0.2, -0.15) is 0 Å². The fraction of sp³-hybridized carbons (Fsp3) is 0.647. The van der Waals surface area contributed by atoms with E-state index < -0.39 is 9.84 Å². The summed E-state index contributed by atoms with van der Waals surface area (Å²) < 4.78 is 30.5. The zero-order valence-electron chi connectivity index (χ0n) is 13.7. The van der Waals surface area contributed by atoms with Gasteiger partial charge >= 0.3 is 0 Å². The van der Waals surface area contributed by atoms with Crippen LogP contribution in [0.2, 0.25) is 0 Å². The van der Waals surface area contributed by atoms with Crippen molar-refractivity contribution in [2.45, 2.75) is 62.6 Å². The monoisotopic (exact) mass is 325 g/mol. The van der Waals surface area contributed by atoms with Crippen LogP contribution in [-0.2, 0) is 14.6 Å². The molecule has 1 aromatic carbocycles. The molecule has 5 heteroatoms. The molecule has 4 nitrogen and oxygen atoms in total. The summed E-state index contributed by atoms with van der Waals surface area (Å²) in [5.74, 6) is 0.114. The van der Waals surface area contributed by atoms with Crippen molar-refractivity contribution in [3.8, 4) is 0 Å². The first-order chi connectivity index (χ1) is 10.4. The smallest absolute Gasteiger partial charge is 0.179 e. The molecule has 0 amide bonds. The Kier molecular flexibility index (Phi) is 6.01. The van der Waals surface area contributed by atoms with E-state index in [2.05, 4.69) is 5.32 Å². The Bertz CT molecular complexity index is 568. The maximum absolute atomic E-state index is 12.5. The van der Waals surface area contributed by atoms with Crippen LogP contribution in [0.3, 0.4) is 0 Å². The Labute approximate surface area is 134 Å². The van der Waals surface area contributed by atoms with Crippen LogP contribution in [0.4, 0.5) is 0 Å². The third-order valence-electron chi connectivity index (χ3n) is 4.35. The van der Waals surface area contributed by atoms with Gasteiger partial charge in [0, 0.05) is 19.2 Å². The quantitative estimate of drug-likeness (QED) is 0.874. The highest BCUT2D eigenvalue weighted by Gasteiger charge is 2.27. The summed E-state index contributed by atoms with van der Waals surface area (Å²) >= 11 is 0. The number of methoxy groups -OCH3 is 1. The van der Waals surface area contributed by atoms with Crippen molar-refractivity contribution >= 4 is 9.84 Å². The zero-order valence-corrected chi connectivity index (χ0v) is 14.5. The third kappa shape index (κ3) is 4.54. The van der Waals surface area contributed by atoms with Gasteiger partial charge in [-0.15, -0.1) is 0 Å². The van der Waals surface area contributed by atoms with Crippen LogP contribution < -0.4 is 5.32 Å². The molecule has 0 aromatic heterocycles. The Morgan fingerprint density at radius 1 is 1.23 bits per heavy atom. The topological polar surface area (TPSA) is 55.4 Å². The van der Waals surface area contributed by atoms with Crippen molar-refractivity contribution in [1.82, 2.24) is 5.32 Å². The summed E-state index contributed by atoms with van der Waals surface area (Å²) in [6.07, 6.45) is 4.65. The summed E-state index contributed by atoms with van der Waals surface area (Å²) in [7, 11) is -1.52. The minimum absolute atomic E-state index is 0.0907. The minimum Gasteiger partial charge on any atom is -0.380 e. The number of rotatable bonds is 6. The molecular weight excluding hydrogens is 298 g/mol. The minimum atomic E-state index is -3.25. The number of aryl methyl sites for hydroxylation is 1. The van der Waals surface area contributed by atoms with Gasteiger partial charge in [-0.25, -0.2) is 8.42 Å². The highest BCUT2D eigenvalue weighted by Crippen LogP contribution is 2.21. The summed E-state index contributed by atoms with van der Waals surface area (Å²) in [5, 5.41) is 3.45. The lowest BCUT2D eigenvalue weighted by molar-refractivity contribution is 0.0393. The molecule has 1 aromatic rings. The highest BCUT2D eigenvalue weighted by molar-refractivity contribution is 7.91. The number of ether oxygens (including phenoxy) is 1. The molecule has 1 aliphatic carbocycles. The summed E-state index contributed by atoms with van der Waals surface area (Å²) in [6.45, 7) is 3.89. The molecule has 0 saturated heterocycles. The van der Waals surface area contributed by atoms with Crippen molar-refractivity contribution in [2.75, 3.05) is 12.9 Å². The fourth-order valence-corrected chi connectivity index (χ4v) is 4.65. The summed E-state index contributed by atoms with van der Waals surface area (Å²) in [6, 6.07) is 7.22. The zero-order chi connectivity index (χ0) is 16.2. The number of sulfone groups is 1. The van der Waals surface area contributed by atoms with Crippen LogP contribution in [0.5, 0.6) is 0 Å². The second-order valence-electron chi connectivity index (χ2n) is 6.33. The molecule has 22 heavy (non-hydrogen) atoms. The van der Waals surface area contributed by atoms with Crippen molar-refractivity contribution in [3.63, 3.8) is 0 Å². The van der Waals surface area contributed by atoms with E-state index in [0.717, 1.165) is 18.4 Å². The molecule has 0 spiro atoms. The molecule has 3 atom stereocenters. The van der Waals surface area contributed by atoms with Gasteiger partial charge in [0.2, 0.25) is 0 Å². The highest BCUT2D eigenvalue weighted by atomic mass is 32.2. The van der Waals surface area contributed by atoms with E-state index in [1.165, 1.54) is 12.8 Å². The molecule has 1 fully saturated rings. The Morgan fingerprint density at radius 2 is 1.86 bits per heavy atom. The number of hydrogen-bond acceptors (Lipinski definition) is 4. The van der Waals surface area contributed by atoms with E-state index in [4.69, 9.17) is 4.74 Å². The first-order valence-electron chi connectivity index (χ1n) is 8.00. The van der Waals surface area contributed by atoms with Crippen molar-refractivity contribution in [1.29, 1.82) is 0 Å². The van der Waals surface area contributed by atoms with Gasteiger partial charge in [-0.05, 0) is 38.8 Å². The van der Waals surface area contributed by atoms with Crippen LogP contribution >= 0.6 is 0 Å². The van der Waals surface area contributed by atoms with Crippen molar-refractivity contribution in [2.24, 2.45) is 0 Å². The standard InChI is InChI=1S/C17H27NO3S/c1-13-8-10-15(11-9-13)22(19,20)12-14(2)18-16-6-4-5-7-17(16)21-3/h8-11,14,16-18H,4-7,12H2,1-3H3/t14-,16+,17-/m1/s1. The average molecular weight is 325 g/mol. The molecule has 0 bridgehead atoms. The Hall–Kier alpha value is -0.910. The first kappa shape index (κ1) is 17.4. The number of hydrogen-bond donors (Lipinski definition) is 1. The lowest BCUT2D eigenvalue weighted by Crippen LogP contribution is -2.48. The van der Waals surface area contributed by atoms with E-state index in [1.807, 2.05) is 26.0 Å². The largest absolute Gasteiger partial charge is 0.380 e. The molecule has 0 aliphatic heterocycles. The SMILES string of the molecule is CO[C@@H]1CCCC[C@@H]1N[C@H](C)CS(=O)(=O)c1ccc(C)cc1. The molecule has 1 aliphatic rings. The summed E-state index contributed by atoms with van der Waals surface area (Å²) in [4.78, 5) is 0.402. The first-order valence-corrected chi connectivity index (χ1v) is 9.66. The van der Waals surface area contributed by atoms with Crippen molar-refractivity contribution in [3.05, 3.63) is 29.8 Å². The van der Waals surface area contributed by atoms with Gasteiger partial charge in [-0.1, -0.05) is 30.5 Å². The fourth-order valence-electron chi connectivity index (χ4n) is 3.15. The lowest BCUT2D eigenvalue weighted by Gasteiger charge is -2.33. The molecule has 1 saturated carbocycles. The average Bonchev–Trinajstić information content (AvgIpc) is 2.47. The second-order valence-corrected chi connectivity index (χ2v) is 8.36. The van der Waals surface area contributed by atoms with Gasteiger partial charge in [0.15, 0.2) is 9.84 Å². The predicted molar refractivity (Wildman–Crippen MR) is 88.9 cm³/mol.